The summed E-state index contributed by atoms with van der Waals surface area (Å²) in [6.07, 6.45) is 0. The van der Waals surface area contributed by atoms with E-state index in [-0.39, 0.29) is 257 Å². The molecule has 504 valence electrons. The van der Waals surface area contributed by atoms with Crippen molar-refractivity contribution in [2.75, 3.05) is 7.11 Å². The fraction of sp³-hybridized carbons (Fsp3) is 0.912. The van der Waals surface area contributed by atoms with E-state index >= 15 is 0 Å². The topological polar surface area (TPSA) is 495 Å². The molecule has 9 unspecified atom stereocenters. The van der Waals surface area contributed by atoms with Crippen LogP contribution >= 0.6 is 0 Å². The Kier molecular flexibility index (Phi) is 28.0. The van der Waals surface area contributed by atoms with Gasteiger partial charge in [-0.15, -0.1) is 0 Å². The first-order valence-corrected chi connectivity index (χ1v) is 27.8. The largest absolute Gasteiger partial charge is 1.00 e. The molecule has 35 heteroatoms. The number of aliphatic hydroxyl groups is 10. The molecule has 0 aliphatic carbocycles. The van der Waals surface area contributed by atoms with Crippen LogP contribution < -0.4 is 282 Å². The number of carbonyl (C=O) groups is 5. The molecule has 5 rings (SSSR count). The van der Waals surface area contributed by atoms with Crippen LogP contribution in [0, 0.1) is 5.41 Å². The zero-order valence-corrected chi connectivity index (χ0v) is 75.3. The van der Waals surface area contributed by atoms with E-state index in [0.29, 0.717) is 48.5 Å². The predicted octanol–water partition coefficient (Wildman–Crippen LogP) is -21.4. The van der Waals surface area contributed by atoms with Crippen molar-refractivity contribution in [3.05, 3.63) is 0 Å². The van der Waals surface area contributed by atoms with Crippen LogP contribution in [0.5, 0.6) is 0 Å². The summed E-state index contributed by atoms with van der Waals surface area (Å²) < 4.78 is 61.3. The van der Waals surface area contributed by atoms with Gasteiger partial charge in [0.2, 0.25) is 5.79 Å². The standard InChI is InChI=1S/C57H96O30.5K/c1-33(2)39(9,68)57(32(66)67,87-56(26)47(17,76)44(14,73)51(21,38(8,82-56)31(64)65)85-54(24)45(15,74)42(12,71)48(18,78-27)35(5,80-54)28(58)59)52(22,77)86-53(33,23)83-50(20)37(7,30(62)63)81-55(25,46(16,75)43(50,13)72)84-49(19)36(6,29(60)61)79-34(3,4)40(10,69)41(49,11)70;;;;;/h68-77H,1-27H3,(H,58,59)(H,60,61)(H,62,63)(H,64,65)(H,66,67);;;;;/q;5*+1/p-5/t35?,36?,37-,38-,39+,40?,41-,42-,43?,44?,45?,46?,47?,48+,49+,50+,51+,52?,53+,54-,55-,56-,57-;;;;;/m0...../s1. The summed E-state index contributed by atoms with van der Waals surface area (Å²) in [5.74, 6) is -28.2. The van der Waals surface area contributed by atoms with E-state index in [0.717, 1.165) is 125 Å². The fourth-order valence-corrected chi connectivity index (χ4v) is 14.5. The SMILES string of the molecule is CO[C@]1(C)C(C)(C(=O)[O-])O[C@@](C)(O[C@@]2(C)C(C)(O)C(C)(O)[C@](C)(O[C@]3(C(=O)[O-])C(C)(O)O[C@@](C)(O[C@@]4(C)C(C)(O)C(C)(O)[C@](C)(O[C@]5(C)C(C)(C(=O)[O-])OC(C)(C)C(C)(O)[C@]5(C)O)O[C@@]4(C)C(=O)[O-])C(C)(C)[C@@]3(C)O)O[C@@]2(C)C(=O)[O-])C(C)(O)[C@]1(C)O.[K+].[K+].[K+].[K+].[K+]. The summed E-state index contributed by atoms with van der Waals surface area (Å²) in [7, 11) is 0.961. The maximum Gasteiger partial charge on any atom is 1.00 e. The van der Waals surface area contributed by atoms with Crippen molar-refractivity contribution in [3.63, 3.8) is 0 Å². The van der Waals surface area contributed by atoms with E-state index < -0.39 is 171 Å². The Morgan fingerprint density at radius 1 is 0.283 bits per heavy atom. The second-order valence-corrected chi connectivity index (χ2v) is 29.1. The molecule has 0 aromatic rings. The van der Waals surface area contributed by atoms with E-state index in [1.807, 2.05) is 0 Å². The Labute approximate surface area is 749 Å². The summed E-state index contributed by atoms with van der Waals surface area (Å²) >= 11 is 0. The maximum atomic E-state index is 14.3. The zero-order chi connectivity index (χ0) is 69.5. The van der Waals surface area contributed by atoms with Gasteiger partial charge >= 0.3 is 257 Å². The molecule has 5 saturated heterocycles. The molecule has 0 aromatic carbocycles. The minimum Gasteiger partial charge on any atom is -0.547 e. The number of hydrogen-bond acceptors (Lipinski definition) is 30. The van der Waals surface area contributed by atoms with Crippen LogP contribution in [0.25, 0.3) is 0 Å². The number of aliphatic carboxylic acids is 5. The van der Waals surface area contributed by atoms with Gasteiger partial charge in [-0.25, -0.2) is 0 Å². The number of carboxylic acid groups (broad SMARTS) is 5. The summed E-state index contributed by atoms with van der Waals surface area (Å²) in [6.45, 7) is 21.9. The van der Waals surface area contributed by atoms with Crippen molar-refractivity contribution in [2.45, 2.75) is 315 Å². The van der Waals surface area contributed by atoms with E-state index in [4.69, 9.17) is 47.4 Å². The van der Waals surface area contributed by atoms with Gasteiger partial charge in [0.25, 0.3) is 0 Å². The summed E-state index contributed by atoms with van der Waals surface area (Å²) in [4.78, 5) is 68.4. The van der Waals surface area contributed by atoms with Gasteiger partial charge in [-0.3, -0.25) is 0 Å². The molecular weight excluding hydrogens is 1360 g/mol. The van der Waals surface area contributed by atoms with Gasteiger partial charge in [0.1, 0.15) is 95.2 Å². The number of carboxylic acids is 5. The monoisotopic (exact) mass is 1450 g/mol. The number of carbonyl (C=O) groups excluding carboxylic acids is 5. The van der Waals surface area contributed by atoms with Crippen LogP contribution in [0.15, 0.2) is 0 Å². The molecule has 5 fully saturated rings. The average Bonchev–Trinajstić information content (AvgIpc) is 3.31. The second-order valence-electron chi connectivity index (χ2n) is 29.1. The van der Waals surface area contributed by atoms with Crippen molar-refractivity contribution in [2.24, 2.45) is 5.41 Å². The first kappa shape index (κ1) is 96.7. The molecule has 0 radical (unpaired) electrons. The van der Waals surface area contributed by atoms with E-state index in [9.17, 15) is 101 Å². The zero-order valence-electron chi connectivity index (χ0n) is 59.6. The molecule has 10 N–H and O–H groups in total. The van der Waals surface area contributed by atoms with Gasteiger partial charge in [-0.05, 0) is 166 Å². The first-order chi connectivity index (χ1) is 37.6. The number of ether oxygens (including phenoxy) is 10. The van der Waals surface area contributed by atoms with Crippen LogP contribution in [-0.4, -0.2) is 223 Å². The minimum absolute atomic E-state index is 0. The van der Waals surface area contributed by atoms with E-state index in [1.165, 1.54) is 13.8 Å². The summed E-state index contributed by atoms with van der Waals surface area (Å²) in [6, 6.07) is 0. The normalized spacial score (nSPS) is 54.4. The maximum absolute atomic E-state index is 14.3. The minimum atomic E-state index is -4.07. The first-order valence-electron chi connectivity index (χ1n) is 27.8. The molecule has 0 bridgehead atoms. The van der Waals surface area contributed by atoms with Gasteiger partial charge in [0, 0.05) is 7.11 Å². The molecule has 92 heavy (non-hydrogen) atoms. The van der Waals surface area contributed by atoms with Crippen LogP contribution in [-0.2, 0) is 71.3 Å². The van der Waals surface area contributed by atoms with Gasteiger partial charge < -0.3 is 148 Å². The molecule has 5 heterocycles. The van der Waals surface area contributed by atoms with Crippen molar-refractivity contribution in [1.82, 2.24) is 0 Å². The molecule has 0 aromatic heterocycles. The molecule has 0 amide bonds. The van der Waals surface area contributed by atoms with E-state index in [1.54, 1.807) is 0 Å². The third-order valence-corrected chi connectivity index (χ3v) is 24.5. The molecule has 0 spiro atoms. The number of hydrogen-bond donors (Lipinski definition) is 10. The third kappa shape index (κ3) is 11.3. The molecule has 0 saturated carbocycles. The molecule has 30 nitrogen and oxygen atoms in total. The van der Waals surface area contributed by atoms with Crippen LogP contribution in [0.1, 0.15) is 180 Å². The summed E-state index contributed by atoms with van der Waals surface area (Å²) in [5, 5.41) is 195. The number of methoxy groups -OCH3 is 1. The smallest absolute Gasteiger partial charge is 0.547 e. The Morgan fingerprint density at radius 3 is 0.772 bits per heavy atom. The third-order valence-electron chi connectivity index (χ3n) is 24.5. The fourth-order valence-electron chi connectivity index (χ4n) is 14.5. The molecular formula is C57H91K5O30. The Bertz CT molecular complexity index is 2920. The van der Waals surface area contributed by atoms with E-state index in [2.05, 4.69) is 0 Å². The van der Waals surface area contributed by atoms with Crippen molar-refractivity contribution >= 4 is 29.8 Å². The Balaban J connectivity index is 0.0000166. The van der Waals surface area contributed by atoms with Crippen LogP contribution in [0.2, 0.25) is 0 Å². The predicted molar refractivity (Wildman–Crippen MR) is 279 cm³/mol. The second kappa shape index (κ2) is 26.6. The molecule has 23 atom stereocenters. The van der Waals surface area contributed by atoms with Gasteiger partial charge in [-0.1, -0.05) is 13.8 Å². The van der Waals surface area contributed by atoms with Crippen molar-refractivity contribution < 1.29 is 405 Å². The summed E-state index contributed by atoms with van der Waals surface area (Å²) in [5.41, 5.74) is -61.1. The number of rotatable bonds is 14. The van der Waals surface area contributed by atoms with Crippen molar-refractivity contribution in [1.29, 1.82) is 0 Å². The average molecular weight is 1450 g/mol. The van der Waals surface area contributed by atoms with Crippen LogP contribution in [0.3, 0.4) is 0 Å². The molecule has 5 aliphatic heterocycles. The Hall–Kier alpha value is 4.73. The van der Waals surface area contributed by atoms with Gasteiger partial charge in [0.05, 0.1) is 40.9 Å². The van der Waals surface area contributed by atoms with Gasteiger partial charge in [0.15, 0.2) is 28.7 Å². The van der Waals surface area contributed by atoms with Gasteiger partial charge in [-0.2, -0.15) is 0 Å². The van der Waals surface area contributed by atoms with Crippen molar-refractivity contribution in [3.8, 4) is 0 Å². The Morgan fingerprint density at radius 2 is 0.511 bits per heavy atom. The quantitative estimate of drug-likeness (QED) is 0.0722. The molecule has 5 aliphatic rings. The van der Waals surface area contributed by atoms with Crippen LogP contribution in [0.4, 0.5) is 0 Å².